The van der Waals surface area contributed by atoms with Gasteiger partial charge in [-0.25, -0.2) is 14.6 Å². The summed E-state index contributed by atoms with van der Waals surface area (Å²) in [6.45, 7) is 4.95. The fourth-order valence-corrected chi connectivity index (χ4v) is 3.74. The molecule has 1 aromatic carbocycles. The molecule has 0 unspecified atom stereocenters. The molecule has 1 saturated heterocycles. The number of nitrogens with zero attached hydrogens (tertiary/aromatic N) is 5. The van der Waals surface area contributed by atoms with Crippen molar-refractivity contribution in [3.8, 4) is 17.2 Å². The summed E-state index contributed by atoms with van der Waals surface area (Å²) in [6, 6.07) is 5.74. The van der Waals surface area contributed by atoms with Crippen LogP contribution in [0.2, 0.25) is 0 Å². The second kappa shape index (κ2) is 7.57. The van der Waals surface area contributed by atoms with Gasteiger partial charge in [-0.1, -0.05) is 0 Å². The van der Waals surface area contributed by atoms with Crippen LogP contribution in [0.25, 0.3) is 16.7 Å². The summed E-state index contributed by atoms with van der Waals surface area (Å²) in [5, 5.41) is 8.42. The average Bonchev–Trinajstić information content (AvgIpc) is 3.33. The van der Waals surface area contributed by atoms with Gasteiger partial charge in [0.1, 0.15) is 11.6 Å². The smallest absolute Gasteiger partial charge is 0.217 e. The topological polar surface area (TPSA) is 94.4 Å². The van der Waals surface area contributed by atoms with Crippen LogP contribution in [0.4, 0.5) is 5.82 Å². The molecular formula is C20H24N6O3. The first-order chi connectivity index (χ1) is 14.0. The molecule has 0 radical (unpaired) electrons. The second-order valence-corrected chi connectivity index (χ2v) is 7.06. The zero-order chi connectivity index (χ0) is 20.5. The normalized spacial score (nSPS) is 16.3. The Balaban J connectivity index is 1.74. The quantitative estimate of drug-likeness (QED) is 0.703. The number of hydrogen-bond acceptors (Lipinski definition) is 7. The number of aromatic nitrogens is 4. The van der Waals surface area contributed by atoms with Crippen molar-refractivity contribution in [3.05, 3.63) is 30.2 Å². The summed E-state index contributed by atoms with van der Waals surface area (Å²) in [4.78, 5) is 22.9. The summed E-state index contributed by atoms with van der Waals surface area (Å²) in [7, 11) is 3.21. The lowest BCUT2D eigenvalue weighted by molar-refractivity contribution is -0.119. The Bertz CT molecular complexity index is 1060. The molecule has 1 N–H and O–H groups in total. The van der Waals surface area contributed by atoms with E-state index in [4.69, 9.17) is 9.47 Å². The first kappa shape index (κ1) is 19.0. The molecule has 2 aromatic heterocycles. The number of methoxy groups -OCH3 is 2. The van der Waals surface area contributed by atoms with Crippen molar-refractivity contribution in [2.75, 3.05) is 32.2 Å². The molecule has 3 heterocycles. The maximum absolute atomic E-state index is 11.4. The monoisotopic (exact) mass is 396 g/mol. The first-order valence-electron chi connectivity index (χ1n) is 9.47. The molecule has 0 saturated carbocycles. The van der Waals surface area contributed by atoms with Crippen molar-refractivity contribution in [1.82, 2.24) is 25.1 Å². The van der Waals surface area contributed by atoms with Crippen molar-refractivity contribution in [2.45, 2.75) is 26.3 Å². The van der Waals surface area contributed by atoms with Crippen molar-refractivity contribution in [1.29, 1.82) is 0 Å². The van der Waals surface area contributed by atoms with E-state index < -0.39 is 0 Å². The predicted octanol–water partition coefficient (Wildman–Crippen LogP) is 1.86. The minimum Gasteiger partial charge on any atom is -0.493 e. The third-order valence-corrected chi connectivity index (χ3v) is 5.03. The molecular weight excluding hydrogens is 372 g/mol. The predicted molar refractivity (Wildman–Crippen MR) is 109 cm³/mol. The van der Waals surface area contributed by atoms with Crippen LogP contribution in [0, 0.1) is 6.92 Å². The summed E-state index contributed by atoms with van der Waals surface area (Å²) in [6.07, 6.45) is 2.67. The zero-order valence-electron chi connectivity index (χ0n) is 17.0. The summed E-state index contributed by atoms with van der Waals surface area (Å²) < 4.78 is 12.5. The van der Waals surface area contributed by atoms with E-state index in [1.54, 1.807) is 32.0 Å². The molecule has 0 aliphatic carbocycles. The van der Waals surface area contributed by atoms with E-state index in [2.05, 4.69) is 25.3 Å². The van der Waals surface area contributed by atoms with E-state index in [9.17, 15) is 4.79 Å². The molecule has 1 amide bonds. The summed E-state index contributed by atoms with van der Waals surface area (Å²) >= 11 is 0. The lowest BCUT2D eigenvalue weighted by atomic mass is 10.2. The van der Waals surface area contributed by atoms with Crippen LogP contribution in [-0.4, -0.2) is 59.0 Å². The van der Waals surface area contributed by atoms with Gasteiger partial charge in [-0.05, 0) is 25.5 Å². The SMILES string of the molecule is COc1ccc(-n2ncc3c(N4CC[C@@H](NC(C)=O)C4)nc(C)nc32)cc1OC. The summed E-state index contributed by atoms with van der Waals surface area (Å²) in [5.74, 6) is 2.77. The number of benzene rings is 1. The molecule has 29 heavy (non-hydrogen) atoms. The highest BCUT2D eigenvalue weighted by Gasteiger charge is 2.27. The summed E-state index contributed by atoms with van der Waals surface area (Å²) in [5.41, 5.74) is 1.54. The van der Waals surface area contributed by atoms with Gasteiger partial charge in [0.2, 0.25) is 5.91 Å². The minimum absolute atomic E-state index is 0.0119. The molecule has 1 aliphatic rings. The number of anilines is 1. The number of carbonyl (C=O) groups excluding carboxylic acids is 1. The maximum Gasteiger partial charge on any atom is 0.217 e. The zero-order valence-corrected chi connectivity index (χ0v) is 17.0. The van der Waals surface area contributed by atoms with Gasteiger partial charge in [0.15, 0.2) is 17.1 Å². The van der Waals surface area contributed by atoms with Crippen LogP contribution in [0.3, 0.4) is 0 Å². The molecule has 1 fully saturated rings. The fourth-order valence-electron chi connectivity index (χ4n) is 3.74. The van der Waals surface area contributed by atoms with Gasteiger partial charge in [0.25, 0.3) is 0 Å². The van der Waals surface area contributed by atoms with E-state index in [1.807, 2.05) is 25.1 Å². The molecule has 9 heteroatoms. The van der Waals surface area contributed by atoms with E-state index in [0.717, 1.165) is 35.5 Å². The molecule has 0 spiro atoms. The Morgan fingerprint density at radius 1 is 1.21 bits per heavy atom. The Labute approximate surface area is 168 Å². The number of hydrogen-bond donors (Lipinski definition) is 1. The van der Waals surface area contributed by atoms with Gasteiger partial charge in [0, 0.05) is 32.1 Å². The molecule has 3 aromatic rings. The Morgan fingerprint density at radius 2 is 2.00 bits per heavy atom. The van der Waals surface area contributed by atoms with E-state index in [-0.39, 0.29) is 11.9 Å². The molecule has 1 atom stereocenters. The standard InChI is InChI=1S/C20H24N6O3/c1-12-22-19(25-8-7-14(11-25)24-13(2)27)16-10-21-26(20(16)23-12)15-5-6-17(28-3)18(9-15)29-4/h5-6,9-10,14H,7-8,11H2,1-4H3,(H,24,27)/t14-/m1/s1. The average molecular weight is 396 g/mol. The lowest BCUT2D eigenvalue weighted by Gasteiger charge is -2.19. The Hall–Kier alpha value is -3.36. The van der Waals surface area contributed by atoms with Crippen LogP contribution < -0.4 is 19.7 Å². The number of carbonyl (C=O) groups is 1. The van der Waals surface area contributed by atoms with Crippen LogP contribution in [0.15, 0.2) is 24.4 Å². The molecule has 4 rings (SSSR count). The highest BCUT2D eigenvalue weighted by atomic mass is 16.5. The number of nitrogens with one attached hydrogen (secondary N) is 1. The Morgan fingerprint density at radius 3 is 2.72 bits per heavy atom. The number of rotatable bonds is 5. The van der Waals surface area contributed by atoms with Crippen molar-refractivity contribution in [2.24, 2.45) is 0 Å². The van der Waals surface area contributed by atoms with E-state index in [1.165, 1.54) is 0 Å². The largest absolute Gasteiger partial charge is 0.493 e. The van der Waals surface area contributed by atoms with Gasteiger partial charge in [-0.3, -0.25) is 4.79 Å². The van der Waals surface area contributed by atoms with Crippen LogP contribution in [-0.2, 0) is 4.79 Å². The van der Waals surface area contributed by atoms with Crippen molar-refractivity contribution in [3.63, 3.8) is 0 Å². The second-order valence-electron chi connectivity index (χ2n) is 7.06. The van der Waals surface area contributed by atoms with Gasteiger partial charge in [0.05, 0.1) is 31.5 Å². The molecule has 152 valence electrons. The maximum atomic E-state index is 11.4. The minimum atomic E-state index is -0.0119. The van der Waals surface area contributed by atoms with Crippen molar-refractivity contribution < 1.29 is 14.3 Å². The van der Waals surface area contributed by atoms with Crippen LogP contribution in [0.1, 0.15) is 19.2 Å². The highest BCUT2D eigenvalue weighted by molar-refractivity contribution is 5.88. The van der Waals surface area contributed by atoms with Crippen LogP contribution in [0.5, 0.6) is 11.5 Å². The van der Waals surface area contributed by atoms with Crippen LogP contribution >= 0.6 is 0 Å². The molecule has 9 nitrogen and oxygen atoms in total. The third kappa shape index (κ3) is 3.55. The molecule has 1 aliphatic heterocycles. The highest BCUT2D eigenvalue weighted by Crippen LogP contribution is 2.32. The number of amides is 1. The van der Waals surface area contributed by atoms with Crippen molar-refractivity contribution >= 4 is 22.8 Å². The molecule has 0 bridgehead atoms. The first-order valence-corrected chi connectivity index (χ1v) is 9.47. The third-order valence-electron chi connectivity index (χ3n) is 5.03. The number of fused-ring (bicyclic) bond motifs is 1. The van der Waals surface area contributed by atoms with E-state index >= 15 is 0 Å². The lowest BCUT2D eigenvalue weighted by Crippen LogP contribution is -2.35. The Kier molecular flexibility index (Phi) is 4.96. The number of aryl methyl sites for hydroxylation is 1. The number of ether oxygens (including phenoxy) is 2. The van der Waals surface area contributed by atoms with E-state index in [0.29, 0.717) is 23.9 Å². The van der Waals surface area contributed by atoms with Gasteiger partial charge >= 0.3 is 0 Å². The fraction of sp³-hybridized carbons (Fsp3) is 0.400. The van der Waals surface area contributed by atoms with Gasteiger partial charge in [-0.15, -0.1) is 0 Å². The van der Waals surface area contributed by atoms with Gasteiger partial charge < -0.3 is 19.7 Å². The van der Waals surface area contributed by atoms with Gasteiger partial charge in [-0.2, -0.15) is 5.10 Å².